The number of piperidine rings is 1. The molecule has 4 rings (SSSR count). The predicted molar refractivity (Wildman–Crippen MR) is 94.0 cm³/mol. The first kappa shape index (κ1) is 15.7. The highest BCUT2D eigenvalue weighted by molar-refractivity contribution is 5.92. The molecule has 0 unspecified atom stereocenters. The van der Waals surface area contributed by atoms with Crippen LogP contribution in [0.2, 0.25) is 0 Å². The van der Waals surface area contributed by atoms with Crippen LogP contribution in [0, 0.1) is 6.92 Å². The molecule has 1 aliphatic rings. The van der Waals surface area contributed by atoms with E-state index in [4.69, 9.17) is 9.26 Å². The summed E-state index contributed by atoms with van der Waals surface area (Å²) < 4.78 is 10.4. The van der Waals surface area contributed by atoms with Crippen LogP contribution in [-0.4, -0.2) is 41.1 Å². The maximum absolute atomic E-state index is 12.5. The number of nitrogens with one attached hydrogen (secondary N) is 1. The third-order valence-corrected chi connectivity index (χ3v) is 4.99. The molecule has 25 heavy (non-hydrogen) atoms. The maximum Gasteiger partial charge on any atom is 0.276 e. The first-order chi connectivity index (χ1) is 12.2. The molecule has 1 aliphatic heterocycles. The van der Waals surface area contributed by atoms with Gasteiger partial charge in [-0.15, -0.1) is 0 Å². The van der Waals surface area contributed by atoms with Crippen molar-refractivity contribution in [1.29, 1.82) is 0 Å². The first-order valence-electron chi connectivity index (χ1n) is 8.53. The largest absolute Gasteiger partial charge is 0.497 e. The van der Waals surface area contributed by atoms with Crippen LogP contribution in [0.4, 0.5) is 0 Å². The molecule has 3 aromatic rings. The summed E-state index contributed by atoms with van der Waals surface area (Å²) in [7, 11) is 1.68. The number of aryl methyl sites for hydroxylation is 1. The highest BCUT2D eigenvalue weighted by atomic mass is 16.5. The fraction of sp³-hybridized carbons (Fsp3) is 0.368. The summed E-state index contributed by atoms with van der Waals surface area (Å²) in [5, 5.41) is 5.04. The van der Waals surface area contributed by atoms with E-state index in [0.29, 0.717) is 17.4 Å². The van der Waals surface area contributed by atoms with Crippen molar-refractivity contribution in [3.8, 4) is 5.75 Å². The Morgan fingerprint density at radius 1 is 1.32 bits per heavy atom. The summed E-state index contributed by atoms with van der Waals surface area (Å²) in [4.78, 5) is 17.7. The molecule has 6 heteroatoms. The Morgan fingerprint density at radius 3 is 2.80 bits per heavy atom. The van der Waals surface area contributed by atoms with E-state index >= 15 is 0 Å². The van der Waals surface area contributed by atoms with E-state index in [1.165, 1.54) is 10.9 Å². The molecule has 1 aromatic carbocycles. The van der Waals surface area contributed by atoms with Gasteiger partial charge in [-0.05, 0) is 49.4 Å². The molecule has 0 radical (unpaired) electrons. The van der Waals surface area contributed by atoms with Crippen LogP contribution in [0.5, 0.6) is 5.75 Å². The van der Waals surface area contributed by atoms with E-state index in [1.807, 2.05) is 17.0 Å². The number of rotatable bonds is 3. The number of H-pyrrole nitrogens is 1. The summed E-state index contributed by atoms with van der Waals surface area (Å²) in [6.45, 7) is 3.25. The Morgan fingerprint density at radius 2 is 2.12 bits per heavy atom. The lowest BCUT2D eigenvalue weighted by atomic mass is 9.89. The first-order valence-corrected chi connectivity index (χ1v) is 8.53. The third-order valence-electron chi connectivity index (χ3n) is 4.99. The fourth-order valence-electron chi connectivity index (χ4n) is 3.61. The molecule has 1 fully saturated rings. The number of nitrogens with zero attached hydrogens (tertiary/aromatic N) is 2. The Bertz CT molecular complexity index is 904. The van der Waals surface area contributed by atoms with Crippen molar-refractivity contribution < 1.29 is 14.1 Å². The van der Waals surface area contributed by atoms with Crippen LogP contribution in [0.25, 0.3) is 10.9 Å². The van der Waals surface area contributed by atoms with Crippen molar-refractivity contribution in [2.45, 2.75) is 25.7 Å². The van der Waals surface area contributed by atoms with Crippen LogP contribution in [-0.2, 0) is 0 Å². The summed E-state index contributed by atoms with van der Waals surface area (Å²) >= 11 is 0. The smallest absolute Gasteiger partial charge is 0.276 e. The molecule has 130 valence electrons. The second-order valence-corrected chi connectivity index (χ2v) is 6.54. The molecule has 0 saturated carbocycles. The number of aromatic amines is 1. The van der Waals surface area contributed by atoms with Crippen molar-refractivity contribution in [2.75, 3.05) is 20.2 Å². The Hall–Kier alpha value is -2.76. The van der Waals surface area contributed by atoms with Gasteiger partial charge in [-0.3, -0.25) is 4.79 Å². The standard InChI is InChI=1S/C19H21N3O3/c1-12-9-18(21-25-12)19(23)22-7-5-13(6-8-22)16-11-20-17-4-3-14(24-2)10-15(16)17/h3-4,9-11,13,20H,5-8H2,1-2H3. The molecule has 1 amide bonds. The SMILES string of the molecule is COc1ccc2[nH]cc(C3CCN(C(=O)c4cc(C)on4)CC3)c2c1. The van der Waals surface area contributed by atoms with E-state index in [2.05, 4.69) is 22.4 Å². The van der Waals surface area contributed by atoms with E-state index in [9.17, 15) is 4.79 Å². The molecule has 0 aliphatic carbocycles. The lowest BCUT2D eigenvalue weighted by Crippen LogP contribution is -2.38. The lowest BCUT2D eigenvalue weighted by Gasteiger charge is -2.31. The monoisotopic (exact) mass is 339 g/mol. The predicted octanol–water partition coefficient (Wildman–Crippen LogP) is 3.49. The van der Waals surface area contributed by atoms with Gasteiger partial charge in [0.1, 0.15) is 11.5 Å². The highest BCUT2D eigenvalue weighted by Gasteiger charge is 2.27. The van der Waals surface area contributed by atoms with Gasteiger partial charge in [0.15, 0.2) is 5.69 Å². The van der Waals surface area contributed by atoms with Crippen molar-refractivity contribution in [1.82, 2.24) is 15.0 Å². The van der Waals surface area contributed by atoms with E-state index < -0.39 is 0 Å². The number of carbonyl (C=O) groups is 1. The van der Waals surface area contributed by atoms with Crippen molar-refractivity contribution >= 4 is 16.8 Å². The molecule has 0 bridgehead atoms. The van der Waals surface area contributed by atoms with Gasteiger partial charge in [0.05, 0.1) is 7.11 Å². The second kappa shape index (κ2) is 6.27. The number of hydrogen-bond acceptors (Lipinski definition) is 4. The van der Waals surface area contributed by atoms with Crippen molar-refractivity contribution in [2.24, 2.45) is 0 Å². The second-order valence-electron chi connectivity index (χ2n) is 6.54. The van der Waals surface area contributed by atoms with Crippen LogP contribution in [0.15, 0.2) is 35.0 Å². The van der Waals surface area contributed by atoms with Crippen molar-refractivity contribution in [3.63, 3.8) is 0 Å². The molecular weight excluding hydrogens is 318 g/mol. The topological polar surface area (TPSA) is 71.4 Å². The fourth-order valence-corrected chi connectivity index (χ4v) is 3.61. The normalized spacial score (nSPS) is 15.7. The summed E-state index contributed by atoms with van der Waals surface area (Å²) in [6, 6.07) is 7.78. The van der Waals surface area contributed by atoms with Gasteiger partial charge in [0.25, 0.3) is 5.91 Å². The number of aromatic nitrogens is 2. The quantitative estimate of drug-likeness (QED) is 0.793. The average Bonchev–Trinajstić information content (AvgIpc) is 3.27. The van der Waals surface area contributed by atoms with Crippen molar-refractivity contribution in [3.05, 3.63) is 47.5 Å². The number of methoxy groups -OCH3 is 1. The zero-order valence-electron chi connectivity index (χ0n) is 14.4. The summed E-state index contributed by atoms with van der Waals surface area (Å²) in [6.07, 6.45) is 3.96. The third kappa shape index (κ3) is 2.88. The number of benzene rings is 1. The molecule has 0 spiro atoms. The zero-order chi connectivity index (χ0) is 17.4. The Labute approximate surface area is 145 Å². The number of likely N-dealkylation sites (tertiary alicyclic amines) is 1. The Kier molecular flexibility index (Phi) is 3.95. The van der Waals surface area contributed by atoms with Gasteiger partial charge < -0.3 is 19.1 Å². The lowest BCUT2D eigenvalue weighted by molar-refractivity contribution is 0.0703. The zero-order valence-corrected chi connectivity index (χ0v) is 14.4. The number of amides is 1. The van der Waals surface area contributed by atoms with Crippen LogP contribution >= 0.6 is 0 Å². The molecule has 3 heterocycles. The van der Waals surface area contributed by atoms with Crippen LogP contribution in [0.3, 0.4) is 0 Å². The number of hydrogen-bond donors (Lipinski definition) is 1. The highest BCUT2D eigenvalue weighted by Crippen LogP contribution is 2.34. The van der Waals surface area contributed by atoms with E-state index in [0.717, 1.165) is 37.2 Å². The molecule has 1 saturated heterocycles. The molecule has 6 nitrogen and oxygen atoms in total. The number of carbonyl (C=O) groups excluding carboxylic acids is 1. The van der Waals surface area contributed by atoms with Crippen LogP contribution < -0.4 is 4.74 Å². The Balaban J connectivity index is 1.49. The van der Waals surface area contributed by atoms with E-state index in [1.54, 1.807) is 20.1 Å². The average molecular weight is 339 g/mol. The van der Waals surface area contributed by atoms with Gasteiger partial charge >= 0.3 is 0 Å². The van der Waals surface area contributed by atoms with Gasteiger partial charge in [-0.25, -0.2) is 0 Å². The van der Waals surface area contributed by atoms with Crippen LogP contribution in [0.1, 0.15) is 40.6 Å². The van der Waals surface area contributed by atoms with E-state index in [-0.39, 0.29) is 5.91 Å². The number of fused-ring (bicyclic) bond motifs is 1. The minimum Gasteiger partial charge on any atom is -0.497 e. The van der Waals surface area contributed by atoms with Gasteiger partial charge in [-0.1, -0.05) is 5.16 Å². The molecule has 1 N–H and O–H groups in total. The van der Waals surface area contributed by atoms with Gasteiger partial charge in [0.2, 0.25) is 0 Å². The molecule has 2 aromatic heterocycles. The molecular formula is C19H21N3O3. The van der Waals surface area contributed by atoms with Gasteiger partial charge in [0, 0.05) is 36.3 Å². The summed E-state index contributed by atoms with van der Waals surface area (Å²) in [5.41, 5.74) is 2.82. The minimum absolute atomic E-state index is 0.0455. The summed E-state index contributed by atoms with van der Waals surface area (Å²) in [5.74, 6) is 1.91. The minimum atomic E-state index is -0.0455. The molecule has 0 atom stereocenters. The van der Waals surface area contributed by atoms with Gasteiger partial charge in [-0.2, -0.15) is 0 Å². The maximum atomic E-state index is 12.5. The number of ether oxygens (including phenoxy) is 1.